The normalized spacial score (nSPS) is 12.8. The summed E-state index contributed by atoms with van der Waals surface area (Å²) in [6.45, 7) is 11.5. The topological polar surface area (TPSA) is 60.4 Å². The Bertz CT molecular complexity index is 553. The van der Waals surface area contributed by atoms with Crippen molar-refractivity contribution in [1.29, 1.82) is 0 Å². The van der Waals surface area contributed by atoms with Crippen molar-refractivity contribution in [3.05, 3.63) is 7.05 Å². The average molecular weight is 504 g/mol. The van der Waals surface area contributed by atoms with E-state index in [1.54, 1.807) is 0 Å². The molecule has 0 heterocycles. The van der Waals surface area contributed by atoms with Crippen LogP contribution in [0.2, 0.25) is 49.1 Å². The maximum atomic E-state index is 12.6. The lowest BCUT2D eigenvalue weighted by Gasteiger charge is -2.37. The fraction of sp³-hybridized carbons (Fsp3) is 0.909. The minimum atomic E-state index is -2.32. The molecule has 31 heavy (non-hydrogen) atoms. The van der Waals surface area contributed by atoms with E-state index in [4.69, 9.17) is 4.12 Å². The lowest BCUT2D eigenvalue weighted by molar-refractivity contribution is -0.845. The van der Waals surface area contributed by atoms with E-state index in [9.17, 15) is 13.7 Å². The first-order chi connectivity index (χ1) is 14.2. The highest BCUT2D eigenvalue weighted by Gasteiger charge is 2.42. The second kappa shape index (κ2) is 15.1. The fourth-order valence-electron chi connectivity index (χ4n) is 3.91. The standard InChI is InChI=1S/C22H49NO4Si4/c1-9-28(25)20-31(21-29(26)10-2,27-30(6,7)8)19-15-13-17-22(24)16-12-11-14-18-23(3,4)5/h3,9-21H2,1-2,4-8H3. The SMILES string of the molecule is [CH2-][N+](C)(C)CCCCCC(=O)CCCC[Si](C[Si](=O)CC)(C[Si](=O)CC)O[Si](C)(C)C. The Labute approximate surface area is 197 Å². The molecule has 0 spiro atoms. The Balaban J connectivity index is 4.71. The van der Waals surface area contributed by atoms with Gasteiger partial charge in [-0.15, -0.1) is 7.05 Å². The van der Waals surface area contributed by atoms with Gasteiger partial charge in [-0.3, -0.25) is 4.79 Å². The molecular weight excluding hydrogens is 455 g/mol. The number of hydrogen-bond acceptors (Lipinski definition) is 4. The molecular formula is C22H49NO4Si4. The summed E-state index contributed by atoms with van der Waals surface area (Å²) in [7, 11) is 0.758. The molecule has 0 saturated heterocycles. The van der Waals surface area contributed by atoms with E-state index >= 15 is 0 Å². The third-order valence-electron chi connectivity index (χ3n) is 5.41. The van der Waals surface area contributed by atoms with E-state index in [1.807, 2.05) is 13.8 Å². The number of unbranched alkanes of at least 4 members (excludes halogenated alkanes) is 3. The first kappa shape index (κ1) is 31.1. The molecule has 0 aromatic rings. The summed E-state index contributed by atoms with van der Waals surface area (Å²) >= 11 is 0. The molecule has 0 aliphatic heterocycles. The van der Waals surface area contributed by atoms with Crippen LogP contribution in [0.3, 0.4) is 0 Å². The van der Waals surface area contributed by atoms with Gasteiger partial charge in [0.15, 0.2) is 16.6 Å². The van der Waals surface area contributed by atoms with Crippen molar-refractivity contribution in [2.24, 2.45) is 0 Å². The Morgan fingerprint density at radius 2 is 1.35 bits per heavy atom. The Morgan fingerprint density at radius 1 is 0.871 bits per heavy atom. The van der Waals surface area contributed by atoms with Gasteiger partial charge in [0.2, 0.25) is 0 Å². The van der Waals surface area contributed by atoms with Gasteiger partial charge < -0.3 is 17.5 Å². The molecule has 0 bridgehead atoms. The van der Waals surface area contributed by atoms with Crippen molar-refractivity contribution in [3.8, 4) is 0 Å². The van der Waals surface area contributed by atoms with Crippen molar-refractivity contribution in [2.75, 3.05) is 20.6 Å². The number of ketones is 1. The van der Waals surface area contributed by atoms with Crippen molar-refractivity contribution in [3.63, 3.8) is 0 Å². The van der Waals surface area contributed by atoms with Crippen LogP contribution in [0.5, 0.6) is 0 Å². The van der Waals surface area contributed by atoms with Crippen molar-refractivity contribution >= 4 is 39.8 Å². The third kappa shape index (κ3) is 17.2. The van der Waals surface area contributed by atoms with E-state index in [1.165, 1.54) is 0 Å². The largest absolute Gasteiger partial charge is 0.462 e. The molecule has 9 heteroatoms. The van der Waals surface area contributed by atoms with Crippen molar-refractivity contribution in [1.82, 2.24) is 0 Å². The van der Waals surface area contributed by atoms with Gasteiger partial charge in [0.1, 0.15) is 5.78 Å². The maximum Gasteiger partial charge on any atom is 0.275 e. The monoisotopic (exact) mass is 503 g/mol. The van der Waals surface area contributed by atoms with Crippen LogP contribution in [0, 0.1) is 7.05 Å². The average Bonchev–Trinajstić information content (AvgIpc) is 2.62. The Hall–Kier alpha value is 0.0575. The predicted octanol–water partition coefficient (Wildman–Crippen LogP) is 5.91. The number of carbonyl (C=O) groups is 1. The first-order valence-electron chi connectivity index (χ1n) is 12.1. The summed E-state index contributed by atoms with van der Waals surface area (Å²) < 4.78 is 32.6. The molecule has 0 radical (unpaired) electrons. The van der Waals surface area contributed by atoms with Crippen LogP contribution in [-0.4, -0.2) is 64.9 Å². The van der Waals surface area contributed by atoms with E-state index in [0.717, 1.165) is 49.2 Å². The van der Waals surface area contributed by atoms with Crippen LogP contribution < -0.4 is 0 Å². The first-order valence-corrected chi connectivity index (χ1v) is 21.7. The van der Waals surface area contributed by atoms with Gasteiger partial charge in [0, 0.05) is 38.3 Å². The second-order valence-corrected chi connectivity index (χ2v) is 25.1. The van der Waals surface area contributed by atoms with Gasteiger partial charge in [-0.1, -0.05) is 20.3 Å². The molecule has 0 rings (SSSR count). The smallest absolute Gasteiger partial charge is 0.275 e. The minimum Gasteiger partial charge on any atom is -0.462 e. The quantitative estimate of drug-likeness (QED) is 0.0950. The molecule has 182 valence electrons. The van der Waals surface area contributed by atoms with Gasteiger partial charge in [0.25, 0.3) is 17.4 Å². The highest BCUT2D eigenvalue weighted by Crippen LogP contribution is 2.30. The van der Waals surface area contributed by atoms with E-state index in [-0.39, 0.29) is 0 Å². The number of Topliss-reactive ketones (excluding diaryl/α,β-unsaturated/α-hetero) is 1. The minimum absolute atomic E-state index is 0.353. The van der Waals surface area contributed by atoms with Crippen LogP contribution in [0.25, 0.3) is 0 Å². The lowest BCUT2D eigenvalue weighted by atomic mass is 10.1. The van der Waals surface area contributed by atoms with Gasteiger partial charge in [0.05, 0.1) is 6.54 Å². The van der Waals surface area contributed by atoms with Gasteiger partial charge in [-0.2, -0.15) is 0 Å². The summed E-state index contributed by atoms with van der Waals surface area (Å²) in [5.41, 5.74) is 1.34. The van der Waals surface area contributed by atoms with Crippen LogP contribution in [0.4, 0.5) is 0 Å². The molecule has 0 aliphatic rings. The summed E-state index contributed by atoms with van der Waals surface area (Å²) in [6, 6.07) is 2.29. The Morgan fingerprint density at radius 3 is 1.77 bits per heavy atom. The number of hydrogen-bond donors (Lipinski definition) is 0. The van der Waals surface area contributed by atoms with Gasteiger partial charge in [-0.25, -0.2) is 0 Å². The highest BCUT2D eigenvalue weighted by atomic mass is 28.5. The molecule has 0 atom stereocenters. The predicted molar refractivity (Wildman–Crippen MR) is 138 cm³/mol. The maximum absolute atomic E-state index is 12.6. The van der Waals surface area contributed by atoms with Crippen LogP contribution in [-0.2, 0) is 17.8 Å². The summed E-state index contributed by atoms with van der Waals surface area (Å²) in [4.78, 5) is 12.3. The van der Waals surface area contributed by atoms with Gasteiger partial charge in [-0.05, 0) is 63.5 Å². The van der Waals surface area contributed by atoms with E-state index in [0.29, 0.717) is 42.0 Å². The molecule has 0 fully saturated rings. The van der Waals surface area contributed by atoms with E-state index < -0.39 is 34.0 Å². The van der Waals surface area contributed by atoms with Crippen molar-refractivity contribution in [2.45, 2.75) is 108 Å². The zero-order valence-electron chi connectivity index (χ0n) is 21.5. The Kier molecular flexibility index (Phi) is 15.1. The molecule has 0 N–H and O–H groups in total. The molecule has 0 unspecified atom stereocenters. The molecule has 0 aromatic heterocycles. The second-order valence-electron chi connectivity index (χ2n) is 10.8. The zero-order valence-corrected chi connectivity index (χ0v) is 25.5. The van der Waals surface area contributed by atoms with Crippen LogP contribution in [0.15, 0.2) is 0 Å². The fourth-order valence-corrected chi connectivity index (χ4v) is 23.1. The van der Waals surface area contributed by atoms with Crippen LogP contribution in [0.1, 0.15) is 58.8 Å². The number of nitrogens with zero attached hydrogens (tertiary/aromatic N) is 1. The number of carbonyl (C=O) groups excluding carboxylic acids is 1. The number of rotatable bonds is 19. The summed E-state index contributed by atoms with van der Waals surface area (Å²) in [6.07, 6.45) is 6.25. The molecule has 0 saturated carbocycles. The third-order valence-corrected chi connectivity index (χ3v) is 20.7. The van der Waals surface area contributed by atoms with Gasteiger partial charge >= 0.3 is 0 Å². The van der Waals surface area contributed by atoms with Crippen molar-refractivity contribution < 1.29 is 22.3 Å². The van der Waals surface area contributed by atoms with E-state index in [2.05, 4.69) is 40.8 Å². The molecule has 0 aromatic carbocycles. The molecule has 0 amide bonds. The number of quaternary nitrogens is 1. The zero-order chi connectivity index (χ0) is 24.1. The summed E-state index contributed by atoms with van der Waals surface area (Å²) in [5.74, 6) is 0.353. The molecule has 5 nitrogen and oxygen atoms in total. The lowest BCUT2D eigenvalue weighted by Crippen LogP contribution is -2.50. The van der Waals surface area contributed by atoms with Crippen LogP contribution >= 0.6 is 0 Å². The molecule has 0 aliphatic carbocycles. The summed E-state index contributed by atoms with van der Waals surface area (Å²) in [5, 5.41) is 0. The highest BCUT2D eigenvalue weighted by molar-refractivity contribution is 6.94.